The lowest BCUT2D eigenvalue weighted by Crippen LogP contribution is -2.58. The summed E-state index contributed by atoms with van der Waals surface area (Å²) in [5.74, 6) is 4.75. The van der Waals surface area contributed by atoms with Crippen LogP contribution in [0.4, 0.5) is 0 Å². The zero-order valence-electron chi connectivity index (χ0n) is 36.8. The molecule has 1 aliphatic carbocycles. The van der Waals surface area contributed by atoms with Crippen LogP contribution in [-0.4, -0.2) is 39.9 Å². The first-order valence-electron chi connectivity index (χ1n) is 24.3. The molecule has 0 radical (unpaired) electrons. The van der Waals surface area contributed by atoms with Crippen molar-refractivity contribution in [3.8, 4) is 40.1 Å². The Bertz CT molecular complexity index is 4520. The Hall–Kier alpha value is -8.55. The zero-order chi connectivity index (χ0) is 44.1. The third-order valence-electron chi connectivity index (χ3n) is 17.2. The van der Waals surface area contributed by atoms with Crippen molar-refractivity contribution in [1.82, 2.24) is 13.7 Å². The molecule has 19 rings (SSSR count). The van der Waals surface area contributed by atoms with Crippen molar-refractivity contribution in [2.24, 2.45) is 0 Å². The third kappa shape index (κ3) is 3.76. The molecule has 0 N–H and O–H groups in total. The molecule has 6 aliphatic heterocycles. The molecule has 0 amide bonds. The maximum atomic E-state index is 6.98. The average Bonchev–Trinajstić information content (AvgIpc) is 4.05. The number of hydrogen-bond acceptors (Lipinski definition) is 3. The Morgan fingerprint density at radius 2 is 0.826 bits per heavy atom. The number of rotatable bonds is 0. The first-order chi connectivity index (χ1) is 34.3. The van der Waals surface area contributed by atoms with Crippen LogP contribution >= 0.6 is 0 Å². The minimum atomic E-state index is -0.108. The Balaban J connectivity index is 1.10. The fourth-order valence-electron chi connectivity index (χ4n) is 14.9. The lowest BCUT2D eigenvalue weighted by atomic mass is 9.30. The molecular weight excluding hydrogens is 843 g/mol. The quantitative estimate of drug-likeness (QED) is 0.145. The van der Waals surface area contributed by atoms with Gasteiger partial charge < -0.3 is 27.9 Å². The Morgan fingerprint density at radius 3 is 1.41 bits per heavy atom. The molecule has 0 bridgehead atoms. The van der Waals surface area contributed by atoms with Crippen LogP contribution < -0.4 is 57.9 Å². The van der Waals surface area contributed by atoms with Crippen molar-refractivity contribution < 1.29 is 14.2 Å². The van der Waals surface area contributed by atoms with Gasteiger partial charge in [-0.1, -0.05) is 127 Å². The van der Waals surface area contributed by atoms with Crippen LogP contribution in [0.25, 0.3) is 82.5 Å². The maximum Gasteiger partial charge on any atom is 0.256 e. The maximum absolute atomic E-state index is 6.98. The number of para-hydroxylation sites is 6. The number of hydrogen-bond donors (Lipinski definition) is 0. The van der Waals surface area contributed by atoms with Crippen molar-refractivity contribution in [2.45, 2.75) is 11.9 Å². The highest BCUT2D eigenvalue weighted by atomic mass is 16.5. The van der Waals surface area contributed by atoms with E-state index in [0.29, 0.717) is 0 Å². The summed E-state index contributed by atoms with van der Waals surface area (Å²) in [6, 6.07) is 60.7. The van der Waals surface area contributed by atoms with Gasteiger partial charge in [-0.3, -0.25) is 0 Å². The lowest BCUT2D eigenvalue weighted by molar-refractivity contribution is 0.248. The number of allylic oxidation sites excluding steroid dienone is 2. The minimum absolute atomic E-state index is 0.0115. The molecule has 9 heterocycles. The first-order valence-corrected chi connectivity index (χ1v) is 24.3. The smallest absolute Gasteiger partial charge is 0.256 e. The second kappa shape index (κ2) is 11.6. The van der Waals surface area contributed by atoms with Crippen molar-refractivity contribution in [1.29, 1.82) is 0 Å². The standard InChI is InChI=1S/C60H32B3N3O3/c1-4-25-43-34(16-1)61-37-19-7-13-31-49-58(64(55(31)37)40-22-10-28-46(67-43)52(40)61)50-32-14-8-20-38-56(32)66(42-24-12-30-48-54(42)62(38)35-17-2-5-26-44(35)69-48)60(50)51-33-15-9-21-39-57(33)65(59(49)51)41-23-11-29-47-53(41)63(39)36-18-3-6-27-45(36)68-47/h1-30,46,52H. The molecule has 2 atom stereocenters. The molecule has 6 nitrogen and oxygen atoms in total. The van der Waals surface area contributed by atoms with Crippen LogP contribution in [0.2, 0.25) is 5.82 Å². The molecule has 0 saturated carbocycles. The normalized spacial score (nSPS) is 17.6. The Morgan fingerprint density at radius 1 is 0.377 bits per heavy atom. The summed E-state index contributed by atoms with van der Waals surface area (Å²) in [7, 11) is 0. The van der Waals surface area contributed by atoms with Crippen molar-refractivity contribution in [3.63, 3.8) is 0 Å². The number of aromatic nitrogens is 3. The molecule has 12 aromatic rings. The van der Waals surface area contributed by atoms with Crippen molar-refractivity contribution in [3.05, 3.63) is 182 Å². The molecule has 0 spiro atoms. The van der Waals surface area contributed by atoms with Crippen LogP contribution in [0.1, 0.15) is 0 Å². The summed E-state index contributed by atoms with van der Waals surface area (Å²) in [5.41, 5.74) is 21.2. The van der Waals surface area contributed by atoms with E-state index in [1.165, 1.54) is 126 Å². The van der Waals surface area contributed by atoms with Crippen molar-refractivity contribution in [2.75, 3.05) is 0 Å². The number of ether oxygens (including phenoxy) is 3. The second-order valence-electron chi connectivity index (χ2n) is 20.0. The van der Waals surface area contributed by atoms with E-state index in [2.05, 4.69) is 196 Å². The molecule has 0 saturated heterocycles. The predicted octanol–water partition coefficient (Wildman–Crippen LogP) is 8.02. The molecule has 0 fully saturated rings. The van der Waals surface area contributed by atoms with E-state index in [-0.39, 0.29) is 32.1 Å². The fourth-order valence-corrected chi connectivity index (χ4v) is 14.9. The Labute approximate surface area is 395 Å². The summed E-state index contributed by atoms with van der Waals surface area (Å²) in [4.78, 5) is 0. The summed E-state index contributed by atoms with van der Waals surface area (Å²) >= 11 is 0. The number of benzene rings is 9. The highest BCUT2D eigenvalue weighted by Crippen LogP contribution is 2.54. The summed E-state index contributed by atoms with van der Waals surface area (Å²) in [6.45, 7) is 0.150. The summed E-state index contributed by atoms with van der Waals surface area (Å²) in [5, 5.41) is 7.60. The molecule has 3 aromatic heterocycles. The van der Waals surface area contributed by atoms with Crippen LogP contribution in [0.15, 0.2) is 182 Å². The summed E-state index contributed by atoms with van der Waals surface area (Å²) in [6.07, 6.45) is 6.79. The van der Waals surface area contributed by atoms with E-state index in [1.54, 1.807) is 0 Å². The topological polar surface area (TPSA) is 42.5 Å². The second-order valence-corrected chi connectivity index (χ2v) is 20.0. The van der Waals surface area contributed by atoms with E-state index in [9.17, 15) is 0 Å². The molecule has 314 valence electrons. The van der Waals surface area contributed by atoms with Crippen LogP contribution in [0.5, 0.6) is 28.7 Å². The van der Waals surface area contributed by atoms with Gasteiger partial charge in [0.15, 0.2) is 0 Å². The van der Waals surface area contributed by atoms with Gasteiger partial charge in [-0.2, -0.15) is 0 Å². The van der Waals surface area contributed by atoms with Gasteiger partial charge in [0, 0.05) is 71.8 Å². The largest absolute Gasteiger partial charge is 0.487 e. The van der Waals surface area contributed by atoms with E-state index < -0.39 is 0 Å². The van der Waals surface area contributed by atoms with E-state index in [1.807, 2.05) is 0 Å². The molecule has 7 aliphatic rings. The SMILES string of the molecule is C1=CC2Oc3ccccc3B3c4cccc5c6c(c7c8cccc9c8n(c7c7c8cccc%10c8n(c67)-c6cccc7c6B%10c6ccccc6O7)-c6cccc7c6B9c6ccccc6O7)n(c45)C(=C1)C32. The van der Waals surface area contributed by atoms with Gasteiger partial charge in [0.25, 0.3) is 13.4 Å². The van der Waals surface area contributed by atoms with E-state index >= 15 is 0 Å². The monoisotopic (exact) mass is 875 g/mol. The number of fused-ring (bicyclic) bond motifs is 24. The first kappa shape index (κ1) is 34.7. The Kier molecular flexibility index (Phi) is 5.83. The van der Waals surface area contributed by atoms with Gasteiger partial charge >= 0.3 is 0 Å². The fraction of sp³-hybridized carbons (Fsp3) is 0.0333. The molecule has 9 heteroatoms. The highest BCUT2D eigenvalue weighted by molar-refractivity contribution is 7.00. The van der Waals surface area contributed by atoms with Gasteiger partial charge in [0.05, 0.1) is 16.6 Å². The van der Waals surface area contributed by atoms with Gasteiger partial charge in [-0.15, -0.1) is 0 Å². The van der Waals surface area contributed by atoms with E-state index in [0.717, 1.165) is 28.7 Å². The van der Waals surface area contributed by atoms with Gasteiger partial charge in [-0.05, 0) is 98.3 Å². The third-order valence-corrected chi connectivity index (χ3v) is 17.2. The minimum Gasteiger partial charge on any atom is -0.487 e. The summed E-state index contributed by atoms with van der Waals surface area (Å²) < 4.78 is 28.7. The molecule has 2 unspecified atom stereocenters. The zero-order valence-corrected chi connectivity index (χ0v) is 36.8. The van der Waals surface area contributed by atoms with Crippen LogP contribution in [0.3, 0.4) is 0 Å². The van der Waals surface area contributed by atoms with Gasteiger partial charge in [0.1, 0.15) is 34.9 Å². The van der Waals surface area contributed by atoms with Crippen LogP contribution in [-0.2, 0) is 0 Å². The average molecular weight is 875 g/mol. The molecule has 9 aromatic carbocycles. The van der Waals surface area contributed by atoms with E-state index in [4.69, 9.17) is 14.2 Å². The highest BCUT2D eigenvalue weighted by Gasteiger charge is 2.50. The van der Waals surface area contributed by atoms with Crippen LogP contribution in [0, 0.1) is 0 Å². The molecule has 69 heavy (non-hydrogen) atoms. The van der Waals surface area contributed by atoms with Gasteiger partial charge in [0.2, 0.25) is 6.71 Å². The predicted molar refractivity (Wildman–Crippen MR) is 284 cm³/mol. The lowest BCUT2D eigenvalue weighted by Gasteiger charge is -2.43. The van der Waals surface area contributed by atoms with Crippen molar-refractivity contribution >= 4 is 135 Å². The van der Waals surface area contributed by atoms with Gasteiger partial charge in [-0.25, -0.2) is 0 Å². The molecular formula is C60H32B3N3O3. The number of nitrogens with zero attached hydrogens (tertiary/aromatic N) is 3.